The highest BCUT2D eigenvalue weighted by molar-refractivity contribution is 8.15. The molecule has 160 valence electrons. The number of aliphatic hydroxyl groups excluding tert-OH is 1. The fraction of sp³-hybridized carbons (Fsp3) is 0.467. The molecule has 0 aliphatic carbocycles. The Labute approximate surface area is 157 Å². The minimum Gasteiger partial charge on any atom is -0.505 e. The number of hydrogen-bond donors (Lipinski definition) is 1. The predicted molar refractivity (Wildman–Crippen MR) is 89.6 cm³/mol. The lowest BCUT2D eigenvalue weighted by atomic mass is 9.89. The summed E-state index contributed by atoms with van der Waals surface area (Å²) in [7, 11) is -14.1. The number of aliphatic hydroxyl groups is 1. The van der Waals surface area contributed by atoms with Crippen LogP contribution in [-0.4, -0.2) is 33.0 Å². The molecular weight excluding hydrogens is 438 g/mol. The van der Waals surface area contributed by atoms with Crippen molar-refractivity contribution in [2.45, 2.75) is 45.6 Å². The number of sulfone groups is 2. The van der Waals surface area contributed by atoms with Crippen LogP contribution in [0.3, 0.4) is 0 Å². The van der Waals surface area contributed by atoms with Gasteiger partial charge in [-0.25, -0.2) is 16.8 Å². The van der Waals surface area contributed by atoms with Crippen molar-refractivity contribution >= 4 is 25.4 Å². The van der Waals surface area contributed by atoms with E-state index in [1.165, 1.54) is 27.7 Å². The zero-order chi connectivity index (χ0) is 22.6. The SMILES string of the molecule is Cc1c(C)c(C)c(C(O)=C(S(=O)(=O)C(F)(F)F)S(=O)(=O)C(F)(F)F)c(C)c1C. The smallest absolute Gasteiger partial charge is 0.502 e. The van der Waals surface area contributed by atoms with Crippen molar-refractivity contribution in [1.29, 1.82) is 0 Å². The summed E-state index contributed by atoms with van der Waals surface area (Å²) >= 11 is 0. The van der Waals surface area contributed by atoms with Gasteiger partial charge < -0.3 is 5.11 Å². The third kappa shape index (κ3) is 3.61. The Morgan fingerprint density at radius 2 is 0.893 bits per heavy atom. The number of rotatable bonds is 3. The molecule has 1 aromatic rings. The highest BCUT2D eigenvalue weighted by atomic mass is 32.3. The molecule has 0 heterocycles. The third-order valence-electron chi connectivity index (χ3n) is 4.53. The van der Waals surface area contributed by atoms with Crippen molar-refractivity contribution in [2.24, 2.45) is 0 Å². The molecule has 1 aromatic carbocycles. The van der Waals surface area contributed by atoms with E-state index in [0.29, 0.717) is 16.7 Å². The molecule has 0 saturated heterocycles. The van der Waals surface area contributed by atoms with E-state index >= 15 is 0 Å². The second-order valence-electron chi connectivity index (χ2n) is 6.03. The van der Waals surface area contributed by atoms with Gasteiger partial charge in [-0.05, 0) is 62.4 Å². The number of hydrogen-bond acceptors (Lipinski definition) is 5. The summed E-state index contributed by atoms with van der Waals surface area (Å²) in [5.74, 6) is -2.13. The van der Waals surface area contributed by atoms with Crippen LogP contribution in [-0.2, 0) is 19.7 Å². The van der Waals surface area contributed by atoms with Gasteiger partial charge in [0.25, 0.3) is 19.7 Å². The molecule has 0 unspecified atom stereocenters. The standard InChI is InChI=1S/C15H16F6O5S2/c1-6-7(2)9(4)11(10(5)8(6)3)12(22)13(27(23,24)14(16,17)18)28(25,26)15(19,20)21/h22H,1-5H3. The van der Waals surface area contributed by atoms with Crippen LogP contribution in [0.2, 0.25) is 0 Å². The second-order valence-corrected chi connectivity index (χ2v) is 10.0. The minimum absolute atomic E-state index is 0.0645. The maximum atomic E-state index is 12.9. The molecule has 1 N–H and O–H groups in total. The fourth-order valence-electron chi connectivity index (χ4n) is 2.57. The van der Waals surface area contributed by atoms with Gasteiger partial charge in [-0.15, -0.1) is 0 Å². The molecule has 0 radical (unpaired) electrons. The topological polar surface area (TPSA) is 88.5 Å². The average molecular weight is 454 g/mol. The lowest BCUT2D eigenvalue weighted by Gasteiger charge is -2.21. The molecule has 0 aliphatic heterocycles. The van der Waals surface area contributed by atoms with E-state index in [-0.39, 0.29) is 11.1 Å². The molecule has 28 heavy (non-hydrogen) atoms. The van der Waals surface area contributed by atoms with E-state index in [9.17, 15) is 48.3 Å². The van der Waals surface area contributed by atoms with Crippen molar-refractivity contribution in [3.8, 4) is 0 Å². The molecular formula is C15H16F6O5S2. The summed E-state index contributed by atoms with van der Waals surface area (Å²) in [6.07, 6.45) is 0. The summed E-state index contributed by atoms with van der Waals surface area (Å²) in [5.41, 5.74) is -12.4. The second kappa shape index (κ2) is 6.94. The number of alkyl halides is 6. The molecule has 0 aromatic heterocycles. The molecule has 0 aliphatic rings. The quantitative estimate of drug-likeness (QED) is 0.544. The number of halogens is 6. The van der Waals surface area contributed by atoms with E-state index < -0.39 is 46.3 Å². The van der Waals surface area contributed by atoms with Crippen molar-refractivity contribution in [1.82, 2.24) is 0 Å². The molecule has 0 spiro atoms. The third-order valence-corrected chi connectivity index (χ3v) is 8.43. The van der Waals surface area contributed by atoms with E-state index in [1.54, 1.807) is 6.92 Å². The maximum Gasteiger partial charge on any atom is 0.502 e. The molecule has 0 bridgehead atoms. The first-order chi connectivity index (χ1) is 12.2. The van der Waals surface area contributed by atoms with Crippen molar-refractivity contribution < 1.29 is 48.3 Å². The summed E-state index contributed by atoms with van der Waals surface area (Å²) in [5, 5.41) is 10.2. The Morgan fingerprint density at radius 1 is 0.643 bits per heavy atom. The van der Waals surface area contributed by atoms with Crippen LogP contribution < -0.4 is 0 Å². The first-order valence-electron chi connectivity index (χ1n) is 7.34. The number of benzene rings is 1. The predicted octanol–water partition coefficient (Wildman–Crippen LogP) is 4.28. The Morgan fingerprint density at radius 3 is 1.14 bits per heavy atom. The van der Waals surface area contributed by atoms with Gasteiger partial charge in [0.05, 0.1) is 0 Å². The van der Waals surface area contributed by atoms with E-state index in [4.69, 9.17) is 0 Å². The van der Waals surface area contributed by atoms with E-state index in [1.807, 2.05) is 0 Å². The molecule has 1 rings (SSSR count). The van der Waals surface area contributed by atoms with Gasteiger partial charge in [-0.3, -0.25) is 0 Å². The van der Waals surface area contributed by atoms with Crippen LogP contribution in [0, 0.1) is 34.6 Å². The largest absolute Gasteiger partial charge is 0.505 e. The van der Waals surface area contributed by atoms with Crippen molar-refractivity contribution in [2.75, 3.05) is 0 Å². The van der Waals surface area contributed by atoms with Gasteiger partial charge in [-0.1, -0.05) is 0 Å². The molecule has 13 heteroatoms. The Hall–Kier alpha value is -1.76. The Balaban J connectivity index is 4.34. The van der Waals surface area contributed by atoms with Gasteiger partial charge >= 0.3 is 11.0 Å². The Bertz CT molecular complexity index is 987. The zero-order valence-corrected chi connectivity index (χ0v) is 16.8. The summed E-state index contributed by atoms with van der Waals surface area (Å²) < 4.78 is 121. The van der Waals surface area contributed by atoms with Crippen molar-refractivity contribution in [3.63, 3.8) is 0 Å². The highest BCUT2D eigenvalue weighted by Crippen LogP contribution is 2.43. The van der Waals surface area contributed by atoms with Gasteiger partial charge in [0, 0.05) is 5.56 Å². The zero-order valence-electron chi connectivity index (χ0n) is 15.2. The van der Waals surface area contributed by atoms with E-state index in [2.05, 4.69) is 0 Å². The fourth-order valence-corrected chi connectivity index (χ4v) is 5.42. The molecule has 0 saturated carbocycles. The van der Waals surface area contributed by atoms with Crippen LogP contribution in [0.5, 0.6) is 0 Å². The lowest BCUT2D eigenvalue weighted by molar-refractivity contribution is -0.0444. The van der Waals surface area contributed by atoms with Crippen molar-refractivity contribution in [3.05, 3.63) is 37.6 Å². The lowest BCUT2D eigenvalue weighted by Crippen LogP contribution is -2.35. The van der Waals surface area contributed by atoms with Gasteiger partial charge in [0.1, 0.15) is 0 Å². The first kappa shape index (κ1) is 24.3. The molecule has 0 fully saturated rings. The normalized spacial score (nSPS) is 13.5. The first-order valence-corrected chi connectivity index (χ1v) is 10.3. The van der Waals surface area contributed by atoms with Crippen LogP contribution in [0.15, 0.2) is 4.24 Å². The summed E-state index contributed by atoms with van der Waals surface area (Å²) in [6, 6.07) is 0. The van der Waals surface area contributed by atoms with Gasteiger partial charge in [0.2, 0.25) is 4.24 Å². The van der Waals surface area contributed by atoms with E-state index in [0.717, 1.165) is 0 Å². The Kier molecular flexibility index (Phi) is 6.01. The van der Waals surface area contributed by atoms with Crippen LogP contribution in [0.25, 0.3) is 5.76 Å². The maximum absolute atomic E-state index is 12.9. The van der Waals surface area contributed by atoms with Crippen LogP contribution >= 0.6 is 0 Å². The van der Waals surface area contributed by atoms with Crippen LogP contribution in [0.4, 0.5) is 26.3 Å². The monoisotopic (exact) mass is 454 g/mol. The minimum atomic E-state index is -7.07. The van der Waals surface area contributed by atoms with Crippen LogP contribution in [0.1, 0.15) is 33.4 Å². The molecule has 5 nitrogen and oxygen atoms in total. The molecule has 0 atom stereocenters. The summed E-state index contributed by atoms with van der Waals surface area (Å²) in [4.78, 5) is 0. The highest BCUT2D eigenvalue weighted by Gasteiger charge is 2.61. The van der Waals surface area contributed by atoms with Gasteiger partial charge in [0.15, 0.2) is 5.76 Å². The summed E-state index contributed by atoms with van der Waals surface area (Å²) in [6.45, 7) is 6.87. The average Bonchev–Trinajstić information content (AvgIpc) is 2.48. The van der Waals surface area contributed by atoms with Gasteiger partial charge in [-0.2, -0.15) is 26.3 Å². The molecule has 0 amide bonds.